The molecule has 1 aromatic rings. The third kappa shape index (κ3) is 5.29. The van der Waals surface area contributed by atoms with Crippen LogP contribution in [0.25, 0.3) is 0 Å². The molecule has 3 nitrogen and oxygen atoms in total. The highest BCUT2D eigenvalue weighted by molar-refractivity contribution is 5.05. The number of rotatable bonds is 7. The lowest BCUT2D eigenvalue weighted by atomic mass is 9.90. The molecule has 1 aliphatic rings. The highest BCUT2D eigenvalue weighted by atomic mass is 16.5. The number of pyridine rings is 1. The Labute approximate surface area is 116 Å². The molecule has 1 fully saturated rings. The Morgan fingerprint density at radius 2 is 2.21 bits per heavy atom. The van der Waals surface area contributed by atoms with Crippen LogP contribution in [0.5, 0.6) is 0 Å². The van der Waals surface area contributed by atoms with Crippen LogP contribution < -0.4 is 5.32 Å². The molecule has 0 spiro atoms. The van der Waals surface area contributed by atoms with Gasteiger partial charge in [-0.25, -0.2) is 0 Å². The topological polar surface area (TPSA) is 34.2 Å². The highest BCUT2D eigenvalue weighted by Gasteiger charge is 2.19. The molecule has 1 atom stereocenters. The Bertz CT molecular complexity index is 336. The maximum Gasteiger partial charge on any atom is 0.0468 e. The lowest BCUT2D eigenvalue weighted by molar-refractivity contribution is 0.0605. The predicted molar refractivity (Wildman–Crippen MR) is 78.2 cm³/mol. The molecule has 106 valence electrons. The van der Waals surface area contributed by atoms with Gasteiger partial charge in [-0.15, -0.1) is 0 Å². The van der Waals surface area contributed by atoms with Crippen molar-refractivity contribution in [1.82, 2.24) is 10.3 Å². The first-order valence-electron chi connectivity index (χ1n) is 7.59. The van der Waals surface area contributed by atoms with Crippen LogP contribution in [0, 0.1) is 5.92 Å². The summed E-state index contributed by atoms with van der Waals surface area (Å²) in [6.45, 7) is 5.20. The van der Waals surface area contributed by atoms with Gasteiger partial charge in [0.15, 0.2) is 0 Å². The molecule has 3 heteroatoms. The Morgan fingerprint density at radius 1 is 1.37 bits per heavy atom. The van der Waals surface area contributed by atoms with E-state index in [0.29, 0.717) is 6.04 Å². The minimum atomic E-state index is 0.554. The summed E-state index contributed by atoms with van der Waals surface area (Å²) in [6.07, 6.45) is 7.80. The molecule has 2 heterocycles. The standard InChI is InChI=1S/C16H26N2O/c1-2-8-17-16(12-14-6-10-19-11-7-14)13-15-5-3-4-9-18-15/h3-5,9,14,16-17H,2,6-8,10-13H2,1H3. The molecule has 0 amide bonds. The van der Waals surface area contributed by atoms with Gasteiger partial charge in [-0.05, 0) is 50.3 Å². The molecular weight excluding hydrogens is 236 g/mol. The van der Waals surface area contributed by atoms with Gasteiger partial charge >= 0.3 is 0 Å². The average Bonchev–Trinajstić information content (AvgIpc) is 2.47. The minimum absolute atomic E-state index is 0.554. The number of nitrogens with zero attached hydrogens (tertiary/aromatic N) is 1. The van der Waals surface area contributed by atoms with Crippen LogP contribution in [-0.4, -0.2) is 30.8 Å². The van der Waals surface area contributed by atoms with Crippen LogP contribution in [0.1, 0.15) is 38.3 Å². The SMILES string of the molecule is CCCNC(Cc1ccccn1)CC1CCOCC1. The quantitative estimate of drug-likeness (QED) is 0.820. The van der Waals surface area contributed by atoms with Crippen molar-refractivity contribution < 1.29 is 4.74 Å². The molecule has 0 radical (unpaired) electrons. The fourth-order valence-corrected chi connectivity index (χ4v) is 2.74. The molecule has 1 N–H and O–H groups in total. The first kappa shape index (κ1) is 14.5. The van der Waals surface area contributed by atoms with Crippen LogP contribution >= 0.6 is 0 Å². The Balaban J connectivity index is 1.87. The van der Waals surface area contributed by atoms with Crippen LogP contribution in [0.4, 0.5) is 0 Å². The number of hydrogen-bond acceptors (Lipinski definition) is 3. The third-order valence-electron chi connectivity index (χ3n) is 3.82. The lowest BCUT2D eigenvalue weighted by Crippen LogP contribution is -2.35. The second-order valence-electron chi connectivity index (χ2n) is 5.47. The summed E-state index contributed by atoms with van der Waals surface area (Å²) in [7, 11) is 0. The Kier molecular flexibility index (Phi) is 6.31. The Hall–Kier alpha value is -0.930. The zero-order valence-electron chi connectivity index (χ0n) is 12.0. The first-order chi connectivity index (χ1) is 9.38. The van der Waals surface area contributed by atoms with Crippen molar-refractivity contribution in [3.05, 3.63) is 30.1 Å². The average molecular weight is 262 g/mol. The fraction of sp³-hybridized carbons (Fsp3) is 0.688. The van der Waals surface area contributed by atoms with E-state index in [1.165, 1.54) is 31.4 Å². The fourth-order valence-electron chi connectivity index (χ4n) is 2.74. The monoisotopic (exact) mass is 262 g/mol. The van der Waals surface area contributed by atoms with Crippen molar-refractivity contribution in [1.29, 1.82) is 0 Å². The van der Waals surface area contributed by atoms with E-state index in [9.17, 15) is 0 Å². The van der Waals surface area contributed by atoms with Gasteiger partial charge < -0.3 is 10.1 Å². The molecule has 1 aliphatic heterocycles. The summed E-state index contributed by atoms with van der Waals surface area (Å²) in [5.74, 6) is 0.812. The molecule has 19 heavy (non-hydrogen) atoms. The minimum Gasteiger partial charge on any atom is -0.381 e. The number of hydrogen-bond donors (Lipinski definition) is 1. The largest absolute Gasteiger partial charge is 0.381 e. The van der Waals surface area contributed by atoms with Gasteiger partial charge in [-0.2, -0.15) is 0 Å². The van der Waals surface area contributed by atoms with Crippen molar-refractivity contribution in [2.75, 3.05) is 19.8 Å². The van der Waals surface area contributed by atoms with Gasteiger partial charge in [0, 0.05) is 37.6 Å². The van der Waals surface area contributed by atoms with Crippen molar-refractivity contribution in [3.8, 4) is 0 Å². The molecule has 2 rings (SSSR count). The molecule has 0 aliphatic carbocycles. The van der Waals surface area contributed by atoms with E-state index in [4.69, 9.17) is 4.74 Å². The normalized spacial score (nSPS) is 18.4. The van der Waals surface area contributed by atoms with Gasteiger partial charge in [0.05, 0.1) is 0 Å². The van der Waals surface area contributed by atoms with Crippen LogP contribution in [0.15, 0.2) is 24.4 Å². The predicted octanol–water partition coefficient (Wildman–Crippen LogP) is 2.81. The van der Waals surface area contributed by atoms with E-state index >= 15 is 0 Å². The zero-order valence-corrected chi connectivity index (χ0v) is 12.0. The van der Waals surface area contributed by atoms with E-state index in [0.717, 1.165) is 32.1 Å². The smallest absolute Gasteiger partial charge is 0.0468 e. The van der Waals surface area contributed by atoms with Crippen LogP contribution in [0.3, 0.4) is 0 Å². The molecule has 0 saturated carbocycles. The third-order valence-corrected chi connectivity index (χ3v) is 3.82. The van der Waals surface area contributed by atoms with Crippen molar-refractivity contribution in [3.63, 3.8) is 0 Å². The van der Waals surface area contributed by atoms with Crippen molar-refractivity contribution >= 4 is 0 Å². The van der Waals surface area contributed by atoms with Crippen molar-refractivity contribution in [2.24, 2.45) is 5.92 Å². The summed E-state index contributed by atoms with van der Waals surface area (Å²) in [6, 6.07) is 6.74. The number of nitrogens with one attached hydrogen (secondary N) is 1. The molecular formula is C16H26N2O. The van der Waals surface area contributed by atoms with Gasteiger partial charge in [0.2, 0.25) is 0 Å². The van der Waals surface area contributed by atoms with Gasteiger partial charge in [-0.3, -0.25) is 4.98 Å². The highest BCUT2D eigenvalue weighted by Crippen LogP contribution is 2.21. The van der Waals surface area contributed by atoms with Gasteiger partial charge in [0.25, 0.3) is 0 Å². The van der Waals surface area contributed by atoms with E-state index in [1.54, 1.807) is 0 Å². The molecule has 1 unspecified atom stereocenters. The second-order valence-corrected chi connectivity index (χ2v) is 5.47. The van der Waals surface area contributed by atoms with E-state index in [1.807, 2.05) is 12.3 Å². The van der Waals surface area contributed by atoms with Crippen LogP contribution in [-0.2, 0) is 11.2 Å². The summed E-state index contributed by atoms with van der Waals surface area (Å²) in [4.78, 5) is 4.46. The molecule has 0 aromatic carbocycles. The van der Waals surface area contributed by atoms with Gasteiger partial charge in [-0.1, -0.05) is 13.0 Å². The van der Waals surface area contributed by atoms with Crippen molar-refractivity contribution in [2.45, 2.75) is 45.1 Å². The van der Waals surface area contributed by atoms with E-state index in [-0.39, 0.29) is 0 Å². The zero-order chi connectivity index (χ0) is 13.3. The number of ether oxygens (including phenoxy) is 1. The maximum atomic E-state index is 5.45. The molecule has 1 saturated heterocycles. The summed E-state index contributed by atoms with van der Waals surface area (Å²) >= 11 is 0. The Morgan fingerprint density at radius 3 is 2.89 bits per heavy atom. The summed E-state index contributed by atoms with van der Waals surface area (Å²) in [5.41, 5.74) is 1.20. The second kappa shape index (κ2) is 8.28. The maximum absolute atomic E-state index is 5.45. The first-order valence-corrected chi connectivity index (χ1v) is 7.59. The van der Waals surface area contributed by atoms with E-state index in [2.05, 4.69) is 29.4 Å². The van der Waals surface area contributed by atoms with E-state index < -0.39 is 0 Å². The molecule has 0 bridgehead atoms. The summed E-state index contributed by atoms with van der Waals surface area (Å²) in [5, 5.41) is 3.68. The summed E-state index contributed by atoms with van der Waals surface area (Å²) < 4.78 is 5.45. The van der Waals surface area contributed by atoms with Gasteiger partial charge in [0.1, 0.15) is 0 Å². The number of aromatic nitrogens is 1. The molecule has 1 aromatic heterocycles. The lowest BCUT2D eigenvalue weighted by Gasteiger charge is -2.27. The van der Waals surface area contributed by atoms with Crippen LogP contribution in [0.2, 0.25) is 0 Å².